The van der Waals surface area contributed by atoms with Crippen LogP contribution in [0.15, 0.2) is 53.1 Å². The van der Waals surface area contributed by atoms with Crippen molar-refractivity contribution in [1.82, 2.24) is 10.5 Å². The third-order valence-electron chi connectivity index (χ3n) is 5.53. The van der Waals surface area contributed by atoms with Crippen molar-refractivity contribution in [1.29, 1.82) is 0 Å². The largest absolute Gasteiger partial charge is 0.497 e. The van der Waals surface area contributed by atoms with Gasteiger partial charge in [-0.05, 0) is 24.8 Å². The van der Waals surface area contributed by atoms with Gasteiger partial charge < -0.3 is 19.3 Å². The van der Waals surface area contributed by atoms with Crippen molar-refractivity contribution in [3.8, 4) is 22.8 Å². The minimum absolute atomic E-state index is 0.142. The van der Waals surface area contributed by atoms with Crippen molar-refractivity contribution in [2.75, 3.05) is 14.2 Å². The van der Waals surface area contributed by atoms with Gasteiger partial charge in [0.15, 0.2) is 5.76 Å². The van der Waals surface area contributed by atoms with Gasteiger partial charge in [0.25, 0.3) is 0 Å². The summed E-state index contributed by atoms with van der Waals surface area (Å²) in [4.78, 5) is 0. The predicted molar refractivity (Wildman–Crippen MR) is 109 cm³/mol. The van der Waals surface area contributed by atoms with Crippen LogP contribution in [-0.2, 0) is 6.54 Å². The molecule has 2 aromatic carbocycles. The topological polar surface area (TPSA) is 56.5 Å². The maximum absolute atomic E-state index is 5.84. The summed E-state index contributed by atoms with van der Waals surface area (Å²) in [5.74, 6) is 3.01. The molecule has 2 unspecified atom stereocenters. The predicted octanol–water partition coefficient (Wildman–Crippen LogP) is 5.09. The first-order valence-electron chi connectivity index (χ1n) is 9.70. The molecule has 4 rings (SSSR count). The van der Waals surface area contributed by atoms with E-state index in [1.165, 1.54) is 5.56 Å². The highest BCUT2D eigenvalue weighted by atomic mass is 16.5. The number of aromatic nitrogens is 1. The summed E-state index contributed by atoms with van der Waals surface area (Å²) in [7, 11) is 3.34. The molecule has 0 saturated heterocycles. The van der Waals surface area contributed by atoms with Gasteiger partial charge in [-0.2, -0.15) is 0 Å². The van der Waals surface area contributed by atoms with E-state index >= 15 is 0 Å². The number of nitrogens with zero attached hydrogens (tertiary/aromatic N) is 1. The standard InChI is InChI=1S/C23H26N2O3/c1-15-9-12-19(24-14-17-10-11-18(26-2)13-20(17)27-3)23-21(15)22(25-28-23)16-7-5-4-6-8-16/h4-8,10-11,13,15,19,24H,9,12,14H2,1-3H3. The van der Waals surface area contributed by atoms with E-state index in [4.69, 9.17) is 14.0 Å². The highest BCUT2D eigenvalue weighted by molar-refractivity contribution is 5.64. The molecule has 1 aromatic heterocycles. The van der Waals surface area contributed by atoms with Crippen LogP contribution in [0.25, 0.3) is 11.3 Å². The van der Waals surface area contributed by atoms with Crippen LogP contribution in [-0.4, -0.2) is 19.4 Å². The van der Waals surface area contributed by atoms with Crippen LogP contribution in [0.1, 0.15) is 48.6 Å². The summed E-state index contributed by atoms with van der Waals surface area (Å²) < 4.78 is 16.6. The number of hydrogen-bond donors (Lipinski definition) is 1. The Hall–Kier alpha value is -2.79. The molecule has 1 heterocycles. The lowest BCUT2D eigenvalue weighted by molar-refractivity contribution is 0.304. The molecule has 0 saturated carbocycles. The fraction of sp³-hybridized carbons (Fsp3) is 0.348. The molecule has 0 radical (unpaired) electrons. The van der Waals surface area contributed by atoms with E-state index in [9.17, 15) is 0 Å². The highest BCUT2D eigenvalue weighted by Gasteiger charge is 2.32. The fourth-order valence-corrected chi connectivity index (χ4v) is 3.96. The summed E-state index contributed by atoms with van der Waals surface area (Å²) >= 11 is 0. The number of nitrogens with one attached hydrogen (secondary N) is 1. The molecule has 2 atom stereocenters. The van der Waals surface area contributed by atoms with Gasteiger partial charge in [-0.1, -0.05) is 48.5 Å². The molecule has 5 heteroatoms. The van der Waals surface area contributed by atoms with E-state index < -0.39 is 0 Å². The van der Waals surface area contributed by atoms with Crippen LogP contribution >= 0.6 is 0 Å². The molecule has 1 aliphatic rings. The Morgan fingerprint density at radius 3 is 2.64 bits per heavy atom. The normalized spacial score (nSPS) is 18.5. The Bertz CT molecular complexity index is 936. The third kappa shape index (κ3) is 3.50. The Balaban J connectivity index is 1.57. The van der Waals surface area contributed by atoms with Crippen LogP contribution in [0.2, 0.25) is 0 Å². The van der Waals surface area contributed by atoms with Crippen LogP contribution in [0, 0.1) is 0 Å². The van der Waals surface area contributed by atoms with Gasteiger partial charge in [-0.25, -0.2) is 0 Å². The lowest BCUT2D eigenvalue weighted by atomic mass is 9.83. The second kappa shape index (κ2) is 8.07. The first kappa shape index (κ1) is 18.6. The Morgan fingerprint density at radius 1 is 1.07 bits per heavy atom. The molecule has 146 valence electrons. The van der Waals surface area contributed by atoms with Crippen LogP contribution in [0.5, 0.6) is 11.5 Å². The van der Waals surface area contributed by atoms with Crippen molar-refractivity contribution in [3.63, 3.8) is 0 Å². The van der Waals surface area contributed by atoms with Gasteiger partial charge in [0.2, 0.25) is 0 Å². The zero-order valence-corrected chi connectivity index (χ0v) is 16.6. The van der Waals surface area contributed by atoms with Crippen molar-refractivity contribution in [2.24, 2.45) is 0 Å². The van der Waals surface area contributed by atoms with E-state index in [0.29, 0.717) is 12.5 Å². The zero-order chi connectivity index (χ0) is 19.5. The molecule has 28 heavy (non-hydrogen) atoms. The fourth-order valence-electron chi connectivity index (χ4n) is 3.96. The first-order valence-corrected chi connectivity index (χ1v) is 9.70. The molecule has 1 aliphatic carbocycles. The lowest BCUT2D eigenvalue weighted by Crippen LogP contribution is -2.25. The van der Waals surface area contributed by atoms with Gasteiger partial charge in [0.05, 0.1) is 20.3 Å². The number of ether oxygens (including phenoxy) is 2. The molecule has 3 aromatic rings. The summed E-state index contributed by atoms with van der Waals surface area (Å²) in [6.45, 7) is 2.94. The number of methoxy groups -OCH3 is 2. The quantitative estimate of drug-likeness (QED) is 0.648. The molecule has 0 amide bonds. The molecule has 1 N–H and O–H groups in total. The highest BCUT2D eigenvalue weighted by Crippen LogP contribution is 2.42. The number of benzene rings is 2. The van der Waals surface area contributed by atoms with Gasteiger partial charge in [0, 0.05) is 29.3 Å². The van der Waals surface area contributed by atoms with Crippen molar-refractivity contribution >= 4 is 0 Å². The number of fused-ring (bicyclic) bond motifs is 1. The average Bonchev–Trinajstić information content (AvgIpc) is 3.20. The molecular weight excluding hydrogens is 352 g/mol. The number of hydrogen-bond acceptors (Lipinski definition) is 5. The number of rotatable bonds is 6. The van der Waals surface area contributed by atoms with E-state index in [0.717, 1.165) is 46.9 Å². The minimum atomic E-state index is 0.142. The molecule has 0 spiro atoms. The summed E-state index contributed by atoms with van der Waals surface area (Å²) in [5.41, 5.74) is 4.40. The molecule has 0 aliphatic heterocycles. The first-order chi connectivity index (χ1) is 13.7. The Labute approximate surface area is 165 Å². The SMILES string of the molecule is COc1ccc(CNC2CCC(C)c3c(-c4ccccc4)noc32)c(OC)c1. The van der Waals surface area contributed by atoms with Crippen LogP contribution < -0.4 is 14.8 Å². The van der Waals surface area contributed by atoms with Gasteiger partial charge in [-0.3, -0.25) is 0 Å². The van der Waals surface area contributed by atoms with E-state index in [2.05, 4.69) is 29.5 Å². The monoisotopic (exact) mass is 378 g/mol. The van der Waals surface area contributed by atoms with Crippen molar-refractivity contribution < 1.29 is 14.0 Å². The smallest absolute Gasteiger partial charge is 0.157 e. The third-order valence-corrected chi connectivity index (χ3v) is 5.53. The van der Waals surface area contributed by atoms with Crippen LogP contribution in [0.4, 0.5) is 0 Å². The van der Waals surface area contributed by atoms with Gasteiger partial charge >= 0.3 is 0 Å². The van der Waals surface area contributed by atoms with Gasteiger partial charge in [0.1, 0.15) is 17.2 Å². The van der Waals surface area contributed by atoms with E-state index in [1.807, 2.05) is 36.4 Å². The summed E-state index contributed by atoms with van der Waals surface area (Å²) in [6, 6.07) is 16.3. The summed E-state index contributed by atoms with van der Waals surface area (Å²) in [5, 5.41) is 8.06. The van der Waals surface area contributed by atoms with E-state index in [1.54, 1.807) is 14.2 Å². The Morgan fingerprint density at radius 2 is 1.89 bits per heavy atom. The second-order valence-electron chi connectivity index (χ2n) is 7.26. The van der Waals surface area contributed by atoms with Crippen molar-refractivity contribution in [2.45, 2.75) is 38.3 Å². The molecule has 5 nitrogen and oxygen atoms in total. The van der Waals surface area contributed by atoms with Crippen LogP contribution in [0.3, 0.4) is 0 Å². The molecule has 0 bridgehead atoms. The van der Waals surface area contributed by atoms with Gasteiger partial charge in [-0.15, -0.1) is 0 Å². The maximum Gasteiger partial charge on any atom is 0.157 e. The zero-order valence-electron chi connectivity index (χ0n) is 16.6. The Kier molecular flexibility index (Phi) is 5.35. The van der Waals surface area contributed by atoms with Crippen molar-refractivity contribution in [3.05, 3.63) is 65.4 Å². The molecular formula is C23H26N2O3. The molecule has 0 fully saturated rings. The van der Waals surface area contributed by atoms with E-state index in [-0.39, 0.29) is 6.04 Å². The lowest BCUT2D eigenvalue weighted by Gasteiger charge is -2.26. The maximum atomic E-state index is 5.84. The minimum Gasteiger partial charge on any atom is -0.497 e. The summed E-state index contributed by atoms with van der Waals surface area (Å²) in [6.07, 6.45) is 2.13. The average molecular weight is 378 g/mol. The second-order valence-corrected chi connectivity index (χ2v) is 7.26.